The number of methoxy groups -OCH3 is 1. The minimum absolute atomic E-state index is 0.256. The summed E-state index contributed by atoms with van der Waals surface area (Å²) < 4.78 is 44.3. The Hall–Kier alpha value is -3.36. The number of urea groups is 1. The Kier molecular flexibility index (Phi) is 4.84. The zero-order valence-corrected chi connectivity index (χ0v) is 14.9. The highest BCUT2D eigenvalue weighted by molar-refractivity contribution is 6.07. The van der Waals surface area contributed by atoms with Gasteiger partial charge in [-0.25, -0.2) is 4.79 Å². The highest BCUT2D eigenvalue weighted by Gasteiger charge is 2.49. The quantitative estimate of drug-likeness (QED) is 0.641. The maximum Gasteiger partial charge on any atom is 0.417 e. The van der Waals surface area contributed by atoms with E-state index in [-0.39, 0.29) is 5.56 Å². The number of benzene rings is 2. The molecular weight excluding hydrogens is 375 g/mol. The van der Waals surface area contributed by atoms with Crippen LogP contribution >= 0.6 is 0 Å². The summed E-state index contributed by atoms with van der Waals surface area (Å²) in [5.41, 5.74) is -2.08. The summed E-state index contributed by atoms with van der Waals surface area (Å²) in [7, 11) is 1.49. The van der Waals surface area contributed by atoms with Crippen LogP contribution in [0.2, 0.25) is 0 Å². The lowest BCUT2D eigenvalue weighted by molar-refractivity contribution is -0.137. The monoisotopic (exact) mass is 391 g/mol. The smallest absolute Gasteiger partial charge is 0.417 e. The fourth-order valence-corrected chi connectivity index (χ4v) is 2.84. The summed E-state index contributed by atoms with van der Waals surface area (Å²) in [6.07, 6.45) is -3.74. The van der Waals surface area contributed by atoms with Crippen molar-refractivity contribution >= 4 is 18.2 Å². The number of amides is 3. The maximum absolute atomic E-state index is 13.1. The first-order valence-electron chi connectivity index (χ1n) is 8.18. The van der Waals surface area contributed by atoms with Gasteiger partial charge in [0.15, 0.2) is 0 Å². The molecule has 3 rings (SSSR count). The lowest BCUT2D eigenvalue weighted by atomic mass is 9.92. The molecule has 1 aliphatic heterocycles. The van der Waals surface area contributed by atoms with Crippen molar-refractivity contribution in [3.05, 3.63) is 65.2 Å². The first-order valence-corrected chi connectivity index (χ1v) is 8.18. The van der Waals surface area contributed by atoms with E-state index in [4.69, 9.17) is 4.74 Å². The highest BCUT2D eigenvalue weighted by atomic mass is 19.4. The van der Waals surface area contributed by atoms with Crippen molar-refractivity contribution in [1.29, 1.82) is 0 Å². The number of nitrogens with zero attached hydrogens (tertiary/aromatic N) is 2. The highest BCUT2D eigenvalue weighted by Crippen LogP contribution is 2.32. The summed E-state index contributed by atoms with van der Waals surface area (Å²) in [6, 6.07) is 10.4. The number of hydrazone groups is 1. The van der Waals surface area contributed by atoms with E-state index in [9.17, 15) is 22.8 Å². The average molecular weight is 391 g/mol. The molecule has 0 spiro atoms. The fourth-order valence-electron chi connectivity index (χ4n) is 2.84. The largest absolute Gasteiger partial charge is 0.497 e. The van der Waals surface area contributed by atoms with Crippen molar-refractivity contribution in [2.45, 2.75) is 18.6 Å². The summed E-state index contributed by atoms with van der Waals surface area (Å²) >= 11 is 0. The van der Waals surface area contributed by atoms with Crippen LogP contribution in [0.1, 0.15) is 23.6 Å². The van der Waals surface area contributed by atoms with Crippen LogP contribution in [0.4, 0.5) is 18.0 Å². The molecule has 1 aliphatic rings. The van der Waals surface area contributed by atoms with Gasteiger partial charge in [0.2, 0.25) is 0 Å². The second kappa shape index (κ2) is 6.99. The van der Waals surface area contributed by atoms with Crippen molar-refractivity contribution in [2.24, 2.45) is 5.10 Å². The van der Waals surface area contributed by atoms with Crippen molar-refractivity contribution in [1.82, 2.24) is 10.3 Å². The third-order valence-electron chi connectivity index (χ3n) is 4.42. The Balaban J connectivity index is 1.90. The van der Waals surface area contributed by atoms with E-state index in [1.807, 2.05) is 0 Å². The zero-order chi connectivity index (χ0) is 20.5. The third kappa shape index (κ3) is 3.42. The second-order valence-electron chi connectivity index (χ2n) is 6.23. The van der Waals surface area contributed by atoms with E-state index in [0.29, 0.717) is 16.3 Å². The lowest BCUT2D eigenvalue weighted by Gasteiger charge is -2.21. The number of carbonyl (C=O) groups excluding carboxylic acids is 2. The number of hydrogen-bond acceptors (Lipinski definition) is 4. The van der Waals surface area contributed by atoms with Crippen LogP contribution in [-0.4, -0.2) is 30.3 Å². The number of hydrogen-bond donors (Lipinski definition) is 1. The van der Waals surface area contributed by atoms with E-state index in [0.717, 1.165) is 12.3 Å². The number of halogens is 3. The predicted molar refractivity (Wildman–Crippen MR) is 94.8 cm³/mol. The van der Waals surface area contributed by atoms with Gasteiger partial charge in [-0.1, -0.05) is 30.3 Å². The Bertz CT molecular complexity index is 941. The zero-order valence-electron chi connectivity index (χ0n) is 14.9. The Labute approximate surface area is 158 Å². The van der Waals surface area contributed by atoms with Crippen LogP contribution in [0.15, 0.2) is 53.6 Å². The fraction of sp³-hybridized carbons (Fsp3) is 0.211. The molecule has 2 aromatic rings. The molecule has 0 bridgehead atoms. The molecule has 1 N–H and O–H groups in total. The van der Waals surface area contributed by atoms with Crippen LogP contribution in [0, 0.1) is 0 Å². The number of carbonyl (C=O) groups is 2. The number of rotatable bonds is 4. The van der Waals surface area contributed by atoms with E-state index in [2.05, 4.69) is 10.4 Å². The first kappa shape index (κ1) is 19.4. The van der Waals surface area contributed by atoms with Gasteiger partial charge < -0.3 is 10.1 Å². The van der Waals surface area contributed by atoms with Crippen LogP contribution in [-0.2, 0) is 16.5 Å². The van der Waals surface area contributed by atoms with Crippen molar-refractivity contribution < 1.29 is 27.5 Å². The van der Waals surface area contributed by atoms with Crippen molar-refractivity contribution in [3.63, 3.8) is 0 Å². The van der Waals surface area contributed by atoms with E-state index >= 15 is 0 Å². The first-order chi connectivity index (χ1) is 13.2. The molecular formula is C19H16F3N3O3. The molecule has 0 radical (unpaired) electrons. The van der Waals surface area contributed by atoms with Gasteiger partial charge in [0.25, 0.3) is 5.91 Å². The van der Waals surface area contributed by atoms with Gasteiger partial charge in [-0.15, -0.1) is 5.01 Å². The number of ether oxygens (including phenoxy) is 1. The minimum atomic E-state index is -4.59. The Morgan fingerprint density at radius 3 is 2.36 bits per heavy atom. The molecule has 0 aromatic heterocycles. The molecule has 28 heavy (non-hydrogen) atoms. The predicted octanol–water partition coefficient (Wildman–Crippen LogP) is 3.52. The normalized spacial score (nSPS) is 20.0. The molecule has 0 unspecified atom stereocenters. The molecule has 9 heteroatoms. The Morgan fingerprint density at radius 1 is 1.11 bits per heavy atom. The topological polar surface area (TPSA) is 71.0 Å². The molecule has 0 aliphatic carbocycles. The molecule has 1 heterocycles. The Morgan fingerprint density at radius 2 is 1.75 bits per heavy atom. The lowest BCUT2D eigenvalue weighted by Crippen LogP contribution is -2.40. The van der Waals surface area contributed by atoms with Crippen molar-refractivity contribution in [2.75, 3.05) is 7.11 Å². The van der Waals surface area contributed by atoms with E-state index in [1.54, 1.807) is 24.3 Å². The van der Waals surface area contributed by atoms with Gasteiger partial charge in [0.1, 0.15) is 11.3 Å². The van der Waals surface area contributed by atoms with Crippen LogP contribution in [0.5, 0.6) is 5.75 Å². The molecule has 3 amide bonds. The van der Waals surface area contributed by atoms with E-state index in [1.165, 1.54) is 32.2 Å². The second-order valence-corrected chi connectivity index (χ2v) is 6.23. The molecule has 146 valence electrons. The summed E-state index contributed by atoms with van der Waals surface area (Å²) in [5.74, 6) is -0.133. The van der Waals surface area contributed by atoms with Gasteiger partial charge in [0, 0.05) is 5.56 Å². The SMILES string of the molecule is COc1ccc([C@@]2(C)NC(=O)N(N=Cc3ccccc3C(F)(F)F)C2=O)cc1. The van der Waals surface area contributed by atoms with Gasteiger partial charge in [-0.3, -0.25) is 4.79 Å². The van der Waals surface area contributed by atoms with Gasteiger partial charge in [-0.2, -0.15) is 18.3 Å². The molecule has 1 fully saturated rings. The number of imide groups is 1. The summed E-state index contributed by atoms with van der Waals surface area (Å²) in [4.78, 5) is 25.0. The average Bonchev–Trinajstić information content (AvgIpc) is 2.89. The molecule has 2 aromatic carbocycles. The number of nitrogens with one attached hydrogen (secondary N) is 1. The van der Waals surface area contributed by atoms with Crippen LogP contribution in [0.25, 0.3) is 0 Å². The molecule has 0 saturated carbocycles. The summed E-state index contributed by atoms with van der Waals surface area (Å²) in [5, 5.41) is 6.76. The summed E-state index contributed by atoms with van der Waals surface area (Å²) in [6.45, 7) is 1.49. The van der Waals surface area contributed by atoms with Crippen LogP contribution in [0.3, 0.4) is 0 Å². The van der Waals surface area contributed by atoms with Gasteiger partial charge in [-0.05, 0) is 30.7 Å². The third-order valence-corrected chi connectivity index (χ3v) is 4.42. The minimum Gasteiger partial charge on any atom is -0.497 e. The van der Waals surface area contributed by atoms with Gasteiger partial charge in [0.05, 0.1) is 18.9 Å². The molecule has 1 atom stereocenters. The molecule has 1 saturated heterocycles. The number of alkyl halides is 3. The molecule has 6 nitrogen and oxygen atoms in total. The van der Waals surface area contributed by atoms with Gasteiger partial charge >= 0.3 is 12.2 Å². The van der Waals surface area contributed by atoms with Crippen molar-refractivity contribution in [3.8, 4) is 5.75 Å². The maximum atomic E-state index is 13.1. The van der Waals surface area contributed by atoms with Crippen LogP contribution < -0.4 is 10.1 Å². The van der Waals surface area contributed by atoms with E-state index < -0.39 is 29.2 Å². The standard InChI is InChI=1S/C19H16F3N3O3/c1-18(13-7-9-14(28-2)10-8-13)16(26)25(17(27)24-18)23-11-12-5-3-4-6-15(12)19(20,21)22/h3-11H,1-2H3,(H,24,27)/t18-/m1/s1.